The van der Waals surface area contributed by atoms with Crippen LogP contribution in [0.15, 0.2) is 23.8 Å². The summed E-state index contributed by atoms with van der Waals surface area (Å²) >= 11 is 1.44. The molecule has 1 fully saturated rings. The van der Waals surface area contributed by atoms with Crippen molar-refractivity contribution in [3.05, 3.63) is 35.2 Å². The van der Waals surface area contributed by atoms with Crippen LogP contribution in [-0.4, -0.2) is 40.0 Å². The summed E-state index contributed by atoms with van der Waals surface area (Å²) in [7, 11) is 3.89. The lowest BCUT2D eigenvalue weighted by Gasteiger charge is -2.23. The molecule has 2 aromatic heterocycles. The Morgan fingerprint density at radius 2 is 2.41 bits per heavy atom. The van der Waals surface area contributed by atoms with Crippen molar-refractivity contribution in [1.29, 1.82) is 5.26 Å². The van der Waals surface area contributed by atoms with Gasteiger partial charge in [0.1, 0.15) is 16.9 Å². The molecule has 1 aliphatic rings. The molecule has 6 nitrogen and oxygen atoms in total. The monoisotopic (exact) mass is 315 g/mol. The number of nitrogens with zero attached hydrogens (tertiary/aromatic N) is 5. The molecule has 1 atom stereocenters. The van der Waals surface area contributed by atoms with E-state index >= 15 is 0 Å². The summed E-state index contributed by atoms with van der Waals surface area (Å²) in [6.07, 6.45) is 4.43. The standard InChI is InChI=1S/C15H17N5OS/c1-18-7-5-17-13(18)10-19(2)12-3-6-20(14(12)21)15-11(9-16)4-8-22-15/h4-5,7-8,12H,3,6,10H2,1-2H3. The number of likely N-dealkylation sites (N-methyl/N-ethyl adjacent to an activating group) is 1. The van der Waals surface area contributed by atoms with Crippen molar-refractivity contribution in [3.8, 4) is 6.07 Å². The molecular weight excluding hydrogens is 298 g/mol. The van der Waals surface area contributed by atoms with E-state index in [1.54, 1.807) is 17.2 Å². The van der Waals surface area contributed by atoms with Crippen LogP contribution in [-0.2, 0) is 18.4 Å². The van der Waals surface area contributed by atoms with Crippen molar-refractivity contribution in [1.82, 2.24) is 14.5 Å². The Morgan fingerprint density at radius 3 is 3.09 bits per heavy atom. The van der Waals surface area contributed by atoms with Crippen molar-refractivity contribution < 1.29 is 4.79 Å². The second-order valence-corrected chi connectivity index (χ2v) is 6.31. The number of aromatic nitrogens is 2. The Bertz CT molecular complexity index is 728. The van der Waals surface area contributed by atoms with Gasteiger partial charge in [0.2, 0.25) is 5.91 Å². The number of nitriles is 1. The van der Waals surface area contributed by atoms with Crippen LogP contribution in [0.3, 0.4) is 0 Å². The number of carbonyl (C=O) groups excluding carboxylic acids is 1. The number of anilines is 1. The summed E-state index contributed by atoms with van der Waals surface area (Å²) in [6, 6.07) is 3.75. The first-order valence-electron chi connectivity index (χ1n) is 7.07. The van der Waals surface area contributed by atoms with Gasteiger partial charge in [0.25, 0.3) is 0 Å². The van der Waals surface area contributed by atoms with Crippen LogP contribution in [0.5, 0.6) is 0 Å². The number of aryl methyl sites for hydroxylation is 1. The Balaban J connectivity index is 1.74. The van der Waals surface area contributed by atoms with Crippen molar-refractivity contribution in [2.24, 2.45) is 7.05 Å². The quantitative estimate of drug-likeness (QED) is 0.859. The maximum atomic E-state index is 12.7. The molecule has 1 amide bonds. The van der Waals surface area contributed by atoms with Crippen LogP contribution < -0.4 is 4.90 Å². The molecule has 0 aliphatic carbocycles. The maximum Gasteiger partial charge on any atom is 0.245 e. The first-order chi connectivity index (χ1) is 10.6. The highest BCUT2D eigenvalue weighted by Crippen LogP contribution is 2.31. The molecule has 22 heavy (non-hydrogen) atoms. The summed E-state index contributed by atoms with van der Waals surface area (Å²) in [6.45, 7) is 1.28. The fourth-order valence-corrected chi connectivity index (χ4v) is 3.64. The zero-order valence-electron chi connectivity index (χ0n) is 12.6. The summed E-state index contributed by atoms with van der Waals surface area (Å²) in [5, 5.41) is 11.7. The van der Waals surface area contributed by atoms with Gasteiger partial charge in [0, 0.05) is 26.0 Å². The highest BCUT2D eigenvalue weighted by Gasteiger charge is 2.36. The van der Waals surface area contributed by atoms with E-state index in [9.17, 15) is 4.79 Å². The summed E-state index contributed by atoms with van der Waals surface area (Å²) in [5.41, 5.74) is 0.575. The second kappa shape index (κ2) is 5.91. The Hall–Kier alpha value is -2.17. The molecule has 0 radical (unpaired) electrons. The predicted molar refractivity (Wildman–Crippen MR) is 84.5 cm³/mol. The Kier molecular flexibility index (Phi) is 3.96. The van der Waals surface area contributed by atoms with Gasteiger partial charge in [-0.1, -0.05) is 0 Å². The van der Waals surface area contributed by atoms with Crippen molar-refractivity contribution in [3.63, 3.8) is 0 Å². The van der Waals surface area contributed by atoms with Crippen molar-refractivity contribution >= 4 is 22.2 Å². The number of amides is 1. The molecule has 114 valence electrons. The Morgan fingerprint density at radius 1 is 1.59 bits per heavy atom. The number of hydrogen-bond donors (Lipinski definition) is 0. The molecular formula is C15H17N5OS. The molecule has 7 heteroatoms. The van der Waals surface area contributed by atoms with Gasteiger partial charge >= 0.3 is 0 Å². The molecule has 1 aliphatic heterocycles. The van der Waals surface area contributed by atoms with Gasteiger partial charge in [-0.05, 0) is 24.9 Å². The van der Waals surface area contributed by atoms with E-state index in [0.29, 0.717) is 18.7 Å². The van der Waals surface area contributed by atoms with Gasteiger partial charge in [-0.3, -0.25) is 9.69 Å². The SMILES string of the molecule is CN(Cc1nccn1C)C1CCN(c2sccc2C#N)C1=O. The minimum Gasteiger partial charge on any atom is -0.337 e. The Labute approximate surface area is 133 Å². The minimum absolute atomic E-state index is 0.0654. The maximum absolute atomic E-state index is 12.7. The van der Waals surface area contributed by atoms with Crippen LogP contribution in [0, 0.1) is 11.3 Å². The van der Waals surface area contributed by atoms with Gasteiger partial charge < -0.3 is 9.47 Å². The molecule has 0 bridgehead atoms. The van der Waals surface area contributed by atoms with Gasteiger partial charge in [-0.25, -0.2) is 4.98 Å². The van der Waals surface area contributed by atoms with Gasteiger partial charge in [0.15, 0.2) is 0 Å². The van der Waals surface area contributed by atoms with E-state index in [1.165, 1.54) is 11.3 Å². The van der Waals surface area contributed by atoms with Crippen molar-refractivity contribution in [2.45, 2.75) is 19.0 Å². The number of rotatable bonds is 4. The average Bonchev–Trinajstić information content (AvgIpc) is 3.19. The van der Waals surface area contributed by atoms with Gasteiger partial charge in [-0.15, -0.1) is 11.3 Å². The molecule has 0 saturated carbocycles. The molecule has 0 N–H and O–H groups in total. The first kappa shape index (κ1) is 14.8. The first-order valence-corrected chi connectivity index (χ1v) is 7.95. The number of hydrogen-bond acceptors (Lipinski definition) is 5. The van der Waals surface area contributed by atoms with Crippen LogP contribution in [0.25, 0.3) is 0 Å². The fraction of sp³-hybridized carbons (Fsp3) is 0.400. The van der Waals surface area contributed by atoms with Crippen LogP contribution in [0.2, 0.25) is 0 Å². The minimum atomic E-state index is -0.162. The molecule has 2 aromatic rings. The number of carbonyl (C=O) groups is 1. The molecule has 1 unspecified atom stereocenters. The van der Waals surface area contributed by atoms with E-state index in [4.69, 9.17) is 5.26 Å². The number of thiophene rings is 1. The third kappa shape index (κ3) is 2.51. The lowest BCUT2D eigenvalue weighted by Crippen LogP contribution is -2.39. The van der Waals surface area contributed by atoms with Crippen LogP contribution in [0.4, 0.5) is 5.00 Å². The topological polar surface area (TPSA) is 65.2 Å². The fourth-order valence-electron chi connectivity index (χ4n) is 2.75. The third-order valence-corrected chi connectivity index (χ3v) is 4.97. The van der Waals surface area contributed by atoms with E-state index in [-0.39, 0.29) is 11.9 Å². The number of imidazole rings is 1. The summed E-state index contributed by atoms with van der Waals surface area (Å²) in [4.78, 5) is 20.8. The third-order valence-electron chi connectivity index (χ3n) is 4.03. The summed E-state index contributed by atoms with van der Waals surface area (Å²) in [5.74, 6) is 0.998. The molecule has 3 heterocycles. The normalized spacial score (nSPS) is 18.2. The van der Waals surface area contributed by atoms with Crippen molar-refractivity contribution in [2.75, 3.05) is 18.5 Å². The zero-order chi connectivity index (χ0) is 15.7. The smallest absolute Gasteiger partial charge is 0.245 e. The largest absolute Gasteiger partial charge is 0.337 e. The van der Waals surface area contributed by atoms with E-state index in [1.807, 2.05) is 35.1 Å². The molecule has 3 rings (SSSR count). The highest BCUT2D eigenvalue weighted by atomic mass is 32.1. The zero-order valence-corrected chi connectivity index (χ0v) is 13.4. The van der Waals surface area contributed by atoms with Gasteiger partial charge in [-0.2, -0.15) is 5.26 Å². The molecule has 0 aromatic carbocycles. The average molecular weight is 315 g/mol. The second-order valence-electron chi connectivity index (χ2n) is 5.42. The lowest BCUT2D eigenvalue weighted by molar-refractivity contribution is -0.121. The van der Waals surface area contributed by atoms with Crippen LogP contribution >= 0.6 is 11.3 Å². The van der Waals surface area contributed by atoms with Gasteiger partial charge in [0.05, 0.1) is 18.2 Å². The molecule has 1 saturated heterocycles. The van der Waals surface area contributed by atoms with E-state index in [0.717, 1.165) is 17.2 Å². The van der Waals surface area contributed by atoms with Crippen LogP contribution in [0.1, 0.15) is 17.8 Å². The predicted octanol–water partition coefficient (Wildman–Crippen LogP) is 1.59. The van der Waals surface area contributed by atoms with E-state index in [2.05, 4.69) is 11.1 Å². The lowest BCUT2D eigenvalue weighted by atomic mass is 10.2. The summed E-state index contributed by atoms with van der Waals surface area (Å²) < 4.78 is 1.96. The highest BCUT2D eigenvalue weighted by molar-refractivity contribution is 7.14. The van der Waals surface area contributed by atoms with E-state index < -0.39 is 0 Å². The molecule has 0 spiro atoms.